The van der Waals surface area contributed by atoms with Crippen LogP contribution in [0.2, 0.25) is 0 Å². The molecular weight excluding hydrogens is 232 g/mol. The van der Waals surface area contributed by atoms with Crippen molar-refractivity contribution in [2.24, 2.45) is 0 Å². The van der Waals surface area contributed by atoms with Crippen molar-refractivity contribution < 1.29 is 18.9 Å². The van der Waals surface area contributed by atoms with Crippen molar-refractivity contribution in [3.63, 3.8) is 0 Å². The van der Waals surface area contributed by atoms with E-state index in [4.69, 9.17) is 18.9 Å². The van der Waals surface area contributed by atoms with Crippen LogP contribution in [0, 0.1) is 0 Å². The maximum atomic E-state index is 5.55. The average molecular weight is 260 g/mol. The number of unbranched alkanes of at least 4 members (excludes halogenated alkanes) is 2. The number of ether oxygens (including phenoxy) is 4. The lowest BCUT2D eigenvalue weighted by Crippen LogP contribution is -2.24. The Morgan fingerprint density at radius 1 is 0.944 bits per heavy atom. The van der Waals surface area contributed by atoms with E-state index in [2.05, 4.69) is 6.92 Å². The summed E-state index contributed by atoms with van der Waals surface area (Å²) >= 11 is 0. The molecule has 0 amide bonds. The van der Waals surface area contributed by atoms with Gasteiger partial charge in [0.15, 0.2) is 6.29 Å². The topological polar surface area (TPSA) is 36.9 Å². The highest BCUT2D eigenvalue weighted by molar-refractivity contribution is 4.53. The molecule has 1 aliphatic rings. The summed E-state index contributed by atoms with van der Waals surface area (Å²) in [5, 5.41) is 0. The van der Waals surface area contributed by atoms with E-state index < -0.39 is 0 Å². The highest BCUT2D eigenvalue weighted by atomic mass is 16.7. The maximum Gasteiger partial charge on any atom is 0.157 e. The van der Waals surface area contributed by atoms with E-state index in [1.165, 1.54) is 19.3 Å². The summed E-state index contributed by atoms with van der Waals surface area (Å²) in [5.74, 6) is 0. The van der Waals surface area contributed by atoms with Gasteiger partial charge in [-0.1, -0.05) is 19.8 Å². The molecule has 4 heteroatoms. The second-order valence-electron chi connectivity index (χ2n) is 4.60. The smallest absolute Gasteiger partial charge is 0.157 e. The fourth-order valence-electron chi connectivity index (χ4n) is 1.86. The van der Waals surface area contributed by atoms with E-state index in [-0.39, 0.29) is 6.29 Å². The maximum absolute atomic E-state index is 5.55. The van der Waals surface area contributed by atoms with Gasteiger partial charge >= 0.3 is 0 Å². The summed E-state index contributed by atoms with van der Waals surface area (Å²) in [4.78, 5) is 0. The Hall–Kier alpha value is -0.160. The lowest BCUT2D eigenvalue weighted by molar-refractivity contribution is -0.169. The molecule has 1 rings (SSSR count). The molecule has 0 spiro atoms. The standard InChI is InChI=1S/C14H28O4/c1-2-3-5-8-15-10-11-16-12-13-18-14-7-4-6-9-17-14/h14H,2-13H2,1H3. The lowest BCUT2D eigenvalue weighted by Gasteiger charge is -2.22. The molecule has 108 valence electrons. The normalized spacial score (nSPS) is 20.2. The van der Waals surface area contributed by atoms with Crippen molar-refractivity contribution in [1.82, 2.24) is 0 Å². The molecule has 0 aromatic heterocycles. The molecule has 0 N–H and O–H groups in total. The van der Waals surface area contributed by atoms with Gasteiger partial charge < -0.3 is 18.9 Å². The third-order valence-corrected chi connectivity index (χ3v) is 2.93. The van der Waals surface area contributed by atoms with Crippen LogP contribution in [0.3, 0.4) is 0 Å². The molecule has 4 nitrogen and oxygen atoms in total. The lowest BCUT2D eigenvalue weighted by atomic mass is 10.2. The Kier molecular flexibility index (Phi) is 10.5. The van der Waals surface area contributed by atoms with Crippen LogP contribution < -0.4 is 0 Å². The first-order chi connectivity index (χ1) is 8.93. The van der Waals surface area contributed by atoms with Crippen LogP contribution in [0.25, 0.3) is 0 Å². The van der Waals surface area contributed by atoms with Crippen molar-refractivity contribution in [1.29, 1.82) is 0 Å². The van der Waals surface area contributed by atoms with Gasteiger partial charge in [-0.25, -0.2) is 0 Å². The van der Waals surface area contributed by atoms with Gasteiger partial charge in [-0.2, -0.15) is 0 Å². The number of hydrogen-bond acceptors (Lipinski definition) is 4. The number of hydrogen-bond donors (Lipinski definition) is 0. The molecule has 0 aliphatic carbocycles. The molecule has 0 radical (unpaired) electrons. The largest absolute Gasteiger partial charge is 0.379 e. The van der Waals surface area contributed by atoms with Gasteiger partial charge in [-0.05, 0) is 25.7 Å². The van der Waals surface area contributed by atoms with E-state index in [0.29, 0.717) is 26.4 Å². The zero-order valence-electron chi connectivity index (χ0n) is 11.7. The van der Waals surface area contributed by atoms with Gasteiger partial charge in [0, 0.05) is 13.2 Å². The first kappa shape index (κ1) is 15.9. The highest BCUT2D eigenvalue weighted by Gasteiger charge is 2.13. The van der Waals surface area contributed by atoms with Crippen LogP contribution in [0.15, 0.2) is 0 Å². The molecule has 1 fully saturated rings. The Bertz CT molecular complexity index is 169. The van der Waals surface area contributed by atoms with E-state index in [9.17, 15) is 0 Å². The minimum absolute atomic E-state index is 0.00681. The third-order valence-electron chi connectivity index (χ3n) is 2.93. The fraction of sp³-hybridized carbons (Fsp3) is 1.00. The molecule has 1 aliphatic heterocycles. The second-order valence-corrected chi connectivity index (χ2v) is 4.60. The van der Waals surface area contributed by atoms with Crippen molar-refractivity contribution in [2.75, 3.05) is 39.6 Å². The monoisotopic (exact) mass is 260 g/mol. The first-order valence-electron chi connectivity index (χ1n) is 7.32. The molecule has 1 heterocycles. The van der Waals surface area contributed by atoms with Crippen LogP contribution in [-0.4, -0.2) is 45.9 Å². The Balaban J connectivity index is 1.73. The van der Waals surface area contributed by atoms with Gasteiger partial charge in [-0.3, -0.25) is 0 Å². The van der Waals surface area contributed by atoms with Crippen molar-refractivity contribution in [2.45, 2.75) is 51.7 Å². The van der Waals surface area contributed by atoms with Crippen molar-refractivity contribution in [3.05, 3.63) is 0 Å². The summed E-state index contributed by atoms with van der Waals surface area (Å²) in [6.45, 7) is 6.45. The predicted octanol–water partition coefficient (Wildman–Crippen LogP) is 2.75. The summed E-state index contributed by atoms with van der Waals surface area (Å²) in [6, 6.07) is 0. The van der Waals surface area contributed by atoms with Crippen molar-refractivity contribution in [3.8, 4) is 0 Å². The molecule has 18 heavy (non-hydrogen) atoms. The quantitative estimate of drug-likeness (QED) is 0.535. The first-order valence-corrected chi connectivity index (χ1v) is 7.32. The second kappa shape index (κ2) is 11.9. The predicted molar refractivity (Wildman–Crippen MR) is 70.7 cm³/mol. The van der Waals surface area contributed by atoms with Crippen LogP contribution >= 0.6 is 0 Å². The van der Waals surface area contributed by atoms with Gasteiger partial charge in [0.25, 0.3) is 0 Å². The van der Waals surface area contributed by atoms with Crippen LogP contribution in [0.5, 0.6) is 0 Å². The Morgan fingerprint density at radius 2 is 1.72 bits per heavy atom. The molecule has 0 bridgehead atoms. The molecule has 0 aromatic rings. The molecular formula is C14H28O4. The van der Waals surface area contributed by atoms with Gasteiger partial charge in [0.2, 0.25) is 0 Å². The molecule has 0 aromatic carbocycles. The third kappa shape index (κ3) is 8.86. The molecule has 1 saturated heterocycles. The van der Waals surface area contributed by atoms with Crippen LogP contribution in [-0.2, 0) is 18.9 Å². The Morgan fingerprint density at radius 3 is 2.44 bits per heavy atom. The van der Waals surface area contributed by atoms with E-state index >= 15 is 0 Å². The molecule has 1 unspecified atom stereocenters. The minimum Gasteiger partial charge on any atom is -0.379 e. The molecule has 0 saturated carbocycles. The summed E-state index contributed by atoms with van der Waals surface area (Å²) < 4.78 is 21.9. The van der Waals surface area contributed by atoms with Crippen LogP contribution in [0.4, 0.5) is 0 Å². The Labute approximate surface area is 111 Å². The molecule has 1 atom stereocenters. The van der Waals surface area contributed by atoms with Gasteiger partial charge in [-0.15, -0.1) is 0 Å². The van der Waals surface area contributed by atoms with E-state index in [0.717, 1.165) is 32.5 Å². The highest BCUT2D eigenvalue weighted by Crippen LogP contribution is 2.13. The fourth-order valence-corrected chi connectivity index (χ4v) is 1.86. The van der Waals surface area contributed by atoms with Crippen molar-refractivity contribution >= 4 is 0 Å². The SMILES string of the molecule is CCCCCOCCOCCOC1CCCCO1. The number of rotatable bonds is 11. The minimum atomic E-state index is -0.00681. The summed E-state index contributed by atoms with van der Waals surface area (Å²) in [7, 11) is 0. The summed E-state index contributed by atoms with van der Waals surface area (Å²) in [6.07, 6.45) is 7.01. The zero-order valence-corrected chi connectivity index (χ0v) is 11.7. The van der Waals surface area contributed by atoms with E-state index in [1.54, 1.807) is 0 Å². The summed E-state index contributed by atoms with van der Waals surface area (Å²) in [5.41, 5.74) is 0. The zero-order chi connectivity index (χ0) is 12.9. The average Bonchev–Trinajstić information content (AvgIpc) is 2.42. The van der Waals surface area contributed by atoms with E-state index in [1.807, 2.05) is 0 Å². The van der Waals surface area contributed by atoms with Gasteiger partial charge in [0.05, 0.1) is 26.4 Å². The van der Waals surface area contributed by atoms with Crippen LogP contribution in [0.1, 0.15) is 45.4 Å². The van der Waals surface area contributed by atoms with Gasteiger partial charge in [0.1, 0.15) is 0 Å².